The van der Waals surface area contributed by atoms with E-state index in [4.69, 9.17) is 10.5 Å². The third kappa shape index (κ3) is 6.54. The number of rotatable bonds is 7. The van der Waals surface area contributed by atoms with Crippen molar-refractivity contribution < 1.29 is 27.1 Å². The van der Waals surface area contributed by atoms with Crippen LogP contribution >= 0.6 is 0 Å². The molecule has 0 unspecified atom stereocenters. The molecule has 1 aromatic heterocycles. The quantitative estimate of drug-likeness (QED) is 0.542. The average Bonchev–Trinajstić information content (AvgIpc) is 2.84. The second kappa shape index (κ2) is 11.3. The average molecular weight is 502 g/mol. The van der Waals surface area contributed by atoms with Crippen molar-refractivity contribution in [1.82, 2.24) is 9.97 Å². The summed E-state index contributed by atoms with van der Waals surface area (Å²) in [5.74, 6) is -1.06. The van der Waals surface area contributed by atoms with Crippen molar-refractivity contribution in [2.45, 2.75) is 70.0 Å². The summed E-state index contributed by atoms with van der Waals surface area (Å²) in [4.78, 5) is 21.3. The van der Waals surface area contributed by atoms with E-state index in [1.54, 1.807) is 0 Å². The smallest absolute Gasteiger partial charge is 0.377 e. The molecule has 7 nitrogen and oxygen atoms in total. The highest BCUT2D eigenvalue weighted by atomic mass is 19.4. The molecule has 35 heavy (non-hydrogen) atoms. The van der Waals surface area contributed by atoms with Gasteiger partial charge in [-0.15, -0.1) is 0 Å². The van der Waals surface area contributed by atoms with E-state index < -0.39 is 17.9 Å². The van der Waals surface area contributed by atoms with E-state index in [1.165, 1.54) is 6.33 Å². The van der Waals surface area contributed by atoms with E-state index in [9.17, 15) is 18.0 Å². The maximum atomic E-state index is 15.5. The Balaban J connectivity index is 1.37. The van der Waals surface area contributed by atoms with Crippen molar-refractivity contribution in [2.75, 3.05) is 36.5 Å². The van der Waals surface area contributed by atoms with E-state index in [0.29, 0.717) is 57.4 Å². The largest absolute Gasteiger partial charge is 0.391 e. The highest BCUT2D eigenvalue weighted by Crippen LogP contribution is 2.42. The summed E-state index contributed by atoms with van der Waals surface area (Å²) in [7, 11) is 0. The Hall–Kier alpha value is -2.17. The number of nitrogens with zero attached hydrogens (tertiary/aromatic N) is 3. The van der Waals surface area contributed by atoms with Gasteiger partial charge in [0.15, 0.2) is 11.6 Å². The van der Waals surface area contributed by atoms with Crippen molar-refractivity contribution >= 4 is 17.5 Å². The molecule has 1 aliphatic heterocycles. The van der Waals surface area contributed by atoms with E-state index in [2.05, 4.69) is 15.3 Å². The third-order valence-electron chi connectivity index (χ3n) is 8.00. The molecule has 2 aliphatic carbocycles. The summed E-state index contributed by atoms with van der Waals surface area (Å²) >= 11 is 0. The second-order valence-electron chi connectivity index (χ2n) is 10.3. The first kappa shape index (κ1) is 25.9. The molecule has 2 heterocycles. The number of nitrogens with two attached hydrogens (primary N) is 1. The third-order valence-corrected chi connectivity index (χ3v) is 8.00. The zero-order valence-corrected chi connectivity index (χ0v) is 19.9. The fraction of sp³-hybridized carbons (Fsp3) is 0.792. The molecule has 0 spiro atoms. The number of hydrogen-bond donors (Lipinski definition) is 2. The number of anilines is 2. The topological polar surface area (TPSA) is 93.4 Å². The van der Waals surface area contributed by atoms with E-state index in [-0.39, 0.29) is 42.3 Å². The normalized spacial score (nSPS) is 30.2. The van der Waals surface area contributed by atoms with Crippen molar-refractivity contribution in [2.24, 2.45) is 29.4 Å². The molecular formula is C24H35F4N5O2. The molecule has 2 saturated carbocycles. The Morgan fingerprint density at radius 3 is 2.43 bits per heavy atom. The molecule has 0 bridgehead atoms. The van der Waals surface area contributed by atoms with Crippen LogP contribution in [0, 0.1) is 29.5 Å². The van der Waals surface area contributed by atoms with Gasteiger partial charge in [0.25, 0.3) is 0 Å². The van der Waals surface area contributed by atoms with Crippen molar-refractivity contribution in [1.29, 1.82) is 0 Å². The van der Waals surface area contributed by atoms with Crippen LogP contribution in [0.25, 0.3) is 0 Å². The zero-order valence-electron chi connectivity index (χ0n) is 19.9. The lowest BCUT2D eigenvalue weighted by Crippen LogP contribution is -2.51. The molecular weight excluding hydrogens is 466 g/mol. The van der Waals surface area contributed by atoms with Gasteiger partial charge < -0.3 is 20.7 Å². The molecule has 1 atom stereocenters. The first-order valence-electron chi connectivity index (χ1n) is 12.7. The Morgan fingerprint density at radius 2 is 1.77 bits per heavy atom. The summed E-state index contributed by atoms with van der Waals surface area (Å²) < 4.78 is 60.4. The number of carbonyl (C=O) groups excluding carboxylic acids is 1. The van der Waals surface area contributed by atoms with Gasteiger partial charge in [0.2, 0.25) is 11.7 Å². The van der Waals surface area contributed by atoms with Crippen molar-refractivity contribution in [3.8, 4) is 0 Å². The van der Waals surface area contributed by atoms with Crippen LogP contribution in [0.3, 0.4) is 0 Å². The van der Waals surface area contributed by atoms with Gasteiger partial charge in [0.1, 0.15) is 6.33 Å². The second-order valence-corrected chi connectivity index (χ2v) is 10.3. The number of carbonyl (C=O) groups is 1. The maximum absolute atomic E-state index is 15.5. The Labute approximate surface area is 203 Å². The number of nitrogens with one attached hydrogen (secondary N) is 1. The number of ether oxygens (including phenoxy) is 1. The molecule has 0 radical (unpaired) electrons. The minimum atomic E-state index is -4.16. The predicted molar refractivity (Wildman–Crippen MR) is 123 cm³/mol. The van der Waals surface area contributed by atoms with Crippen LogP contribution in [0.5, 0.6) is 0 Å². The SMILES string of the molecule is NC(=O)CC1CCC(CNc2ncnc(N3CCOC[C@@H]3C3CCC(C(F)(F)F)CC3)c2F)CC1. The van der Waals surface area contributed by atoms with Crippen LogP contribution in [-0.4, -0.2) is 54.4 Å². The molecule has 4 rings (SSSR count). The van der Waals surface area contributed by atoms with Gasteiger partial charge in [-0.25, -0.2) is 9.97 Å². The Kier molecular flexibility index (Phi) is 8.34. The van der Waals surface area contributed by atoms with Gasteiger partial charge >= 0.3 is 6.18 Å². The minimum absolute atomic E-state index is 0.00439. The molecule has 1 aromatic rings. The molecule has 3 N–H and O–H groups in total. The van der Waals surface area contributed by atoms with Gasteiger partial charge in [-0.05, 0) is 69.1 Å². The number of hydrogen-bond acceptors (Lipinski definition) is 6. The lowest BCUT2D eigenvalue weighted by atomic mass is 9.77. The number of alkyl halides is 3. The van der Waals surface area contributed by atoms with E-state index in [0.717, 1.165) is 25.7 Å². The van der Waals surface area contributed by atoms with Gasteiger partial charge in [-0.1, -0.05) is 0 Å². The molecule has 3 fully saturated rings. The summed E-state index contributed by atoms with van der Waals surface area (Å²) in [5, 5.41) is 3.13. The molecule has 1 saturated heterocycles. The predicted octanol–water partition coefficient (Wildman–Crippen LogP) is 4.28. The molecule has 196 valence electrons. The van der Waals surface area contributed by atoms with Crippen LogP contribution < -0.4 is 16.0 Å². The van der Waals surface area contributed by atoms with Crippen molar-refractivity contribution in [3.05, 3.63) is 12.1 Å². The number of aromatic nitrogens is 2. The summed E-state index contributed by atoms with van der Waals surface area (Å²) in [6.07, 6.45) is 2.40. The standard InChI is InChI=1S/C24H35F4N5O2/c25-21-22(30-12-16-3-1-15(2-4-16)11-20(29)34)31-14-32-23(21)33-9-10-35-13-19(33)17-5-7-18(8-6-17)24(26,27)28/h14-19H,1-13H2,(H2,29,34)(H,30,31,32)/t15?,16?,17?,18?,19-/m1/s1. The molecule has 1 amide bonds. The Bertz CT molecular complexity index is 855. The lowest BCUT2D eigenvalue weighted by molar-refractivity contribution is -0.184. The molecule has 0 aromatic carbocycles. The number of morpholine rings is 1. The highest BCUT2D eigenvalue weighted by molar-refractivity contribution is 5.74. The molecule has 3 aliphatic rings. The number of halogens is 4. The summed E-state index contributed by atoms with van der Waals surface area (Å²) in [5.41, 5.74) is 5.30. The van der Waals surface area contributed by atoms with E-state index >= 15 is 4.39 Å². The first-order chi connectivity index (χ1) is 16.7. The van der Waals surface area contributed by atoms with Crippen LogP contribution in [0.4, 0.5) is 29.2 Å². The van der Waals surface area contributed by atoms with E-state index in [1.807, 2.05) is 4.90 Å². The lowest BCUT2D eigenvalue weighted by Gasteiger charge is -2.43. The van der Waals surface area contributed by atoms with Crippen LogP contribution in [0.15, 0.2) is 6.33 Å². The Morgan fingerprint density at radius 1 is 1.09 bits per heavy atom. The fourth-order valence-electron chi connectivity index (χ4n) is 5.96. The first-order valence-corrected chi connectivity index (χ1v) is 12.7. The van der Waals surface area contributed by atoms with Crippen LogP contribution in [0.1, 0.15) is 57.8 Å². The molecule has 11 heteroatoms. The van der Waals surface area contributed by atoms with Crippen molar-refractivity contribution in [3.63, 3.8) is 0 Å². The number of primary amides is 1. The van der Waals surface area contributed by atoms with Gasteiger partial charge in [-0.2, -0.15) is 17.6 Å². The summed E-state index contributed by atoms with van der Waals surface area (Å²) in [6.45, 7) is 1.77. The fourth-order valence-corrected chi connectivity index (χ4v) is 5.96. The zero-order chi connectivity index (χ0) is 25.0. The highest BCUT2D eigenvalue weighted by Gasteiger charge is 2.44. The maximum Gasteiger partial charge on any atom is 0.391 e. The summed E-state index contributed by atoms with van der Waals surface area (Å²) in [6, 6.07) is -0.212. The monoisotopic (exact) mass is 501 g/mol. The van der Waals surface area contributed by atoms with Gasteiger partial charge in [0, 0.05) is 19.5 Å². The van der Waals surface area contributed by atoms with Gasteiger partial charge in [-0.3, -0.25) is 4.79 Å². The number of amides is 1. The van der Waals surface area contributed by atoms with Gasteiger partial charge in [0.05, 0.1) is 25.2 Å². The van der Waals surface area contributed by atoms with Crippen LogP contribution in [0.2, 0.25) is 0 Å². The van der Waals surface area contributed by atoms with Crippen LogP contribution in [-0.2, 0) is 9.53 Å². The minimum Gasteiger partial charge on any atom is -0.377 e.